The normalized spacial score (nSPS) is 12.5. The van der Waals surface area contributed by atoms with Gasteiger partial charge in [-0.25, -0.2) is 0 Å². The summed E-state index contributed by atoms with van der Waals surface area (Å²) in [6.45, 7) is 6.57. The predicted octanol–water partition coefficient (Wildman–Crippen LogP) is 23.3. The van der Waals surface area contributed by atoms with E-state index in [2.05, 4.69) is 93.7 Å². The van der Waals surface area contributed by atoms with Gasteiger partial charge in [-0.05, 0) is 89.9 Å². The maximum absolute atomic E-state index is 12.9. The SMILES string of the molecule is CC/C=C\C/C=C\C/C=C\C/C=C\C/C=C\CCCCCCCCCC(=O)OCC(COC(=O)CCCCCCCCC/C=C\CCCCCCCC)OC(=O)CCCCCCCCCCCCCCCCCCCCCC. The quantitative estimate of drug-likeness (QED) is 0.0261. The number of allylic oxidation sites excluding steroid dienone is 12. The highest BCUT2D eigenvalue weighted by atomic mass is 16.6. The molecule has 0 bridgehead atoms. The standard InChI is InChI=1S/C72H128O6/c1-4-7-10-13-16-19-22-25-28-31-33-35-36-37-39-41-44-47-50-53-56-59-62-65-71(74)77-68-69(67-76-70(73)64-61-58-55-52-49-46-43-40-30-27-24-21-18-15-12-9-6-3)78-72(75)66-63-60-57-54-51-48-45-42-38-34-32-29-26-23-20-17-14-11-8-5-2/h7,10,16,19,25,27-28,30,33,35,37,39,69H,4-6,8-9,11-15,17-18,20-24,26,29,31-32,34,36,38,40-68H2,1-3H3/b10-7-,19-16-,28-25-,30-27-,35-33-,39-37-. The molecular formula is C72H128O6. The Bertz CT molecular complexity index is 1440. The average Bonchev–Trinajstić information content (AvgIpc) is 3.44. The zero-order chi connectivity index (χ0) is 56.4. The summed E-state index contributed by atoms with van der Waals surface area (Å²) in [7, 11) is 0. The van der Waals surface area contributed by atoms with Crippen LogP contribution in [0.3, 0.4) is 0 Å². The lowest BCUT2D eigenvalue weighted by Gasteiger charge is -2.18. The van der Waals surface area contributed by atoms with Crippen LogP contribution in [0.4, 0.5) is 0 Å². The first-order valence-corrected chi connectivity index (χ1v) is 33.9. The summed E-state index contributed by atoms with van der Waals surface area (Å²) < 4.78 is 17.0. The van der Waals surface area contributed by atoms with Crippen molar-refractivity contribution < 1.29 is 28.6 Å². The number of hydrogen-bond acceptors (Lipinski definition) is 6. The molecule has 0 aliphatic rings. The molecule has 0 saturated heterocycles. The van der Waals surface area contributed by atoms with E-state index in [-0.39, 0.29) is 31.1 Å². The fourth-order valence-electron chi connectivity index (χ4n) is 9.88. The lowest BCUT2D eigenvalue weighted by molar-refractivity contribution is -0.167. The topological polar surface area (TPSA) is 78.9 Å². The average molecular weight is 1090 g/mol. The summed E-state index contributed by atoms with van der Waals surface area (Å²) >= 11 is 0. The molecule has 0 heterocycles. The molecule has 78 heavy (non-hydrogen) atoms. The minimum absolute atomic E-state index is 0.0778. The van der Waals surface area contributed by atoms with Gasteiger partial charge in [0.15, 0.2) is 6.10 Å². The maximum atomic E-state index is 12.9. The molecule has 0 aliphatic carbocycles. The summed E-state index contributed by atoms with van der Waals surface area (Å²) in [5, 5.41) is 0. The highest BCUT2D eigenvalue weighted by molar-refractivity contribution is 5.71. The molecule has 0 spiro atoms. The number of rotatable bonds is 62. The Hall–Kier alpha value is -3.15. The van der Waals surface area contributed by atoms with Gasteiger partial charge in [-0.2, -0.15) is 0 Å². The Morgan fingerprint density at radius 1 is 0.269 bits per heavy atom. The molecule has 0 amide bonds. The van der Waals surface area contributed by atoms with Gasteiger partial charge in [0, 0.05) is 19.3 Å². The molecule has 6 heteroatoms. The molecule has 1 unspecified atom stereocenters. The van der Waals surface area contributed by atoms with Gasteiger partial charge in [0.05, 0.1) is 0 Å². The van der Waals surface area contributed by atoms with Crippen molar-refractivity contribution in [2.24, 2.45) is 0 Å². The zero-order valence-corrected chi connectivity index (χ0v) is 51.9. The highest BCUT2D eigenvalue weighted by Gasteiger charge is 2.19. The predicted molar refractivity (Wildman–Crippen MR) is 339 cm³/mol. The number of esters is 3. The van der Waals surface area contributed by atoms with Crippen LogP contribution in [-0.4, -0.2) is 37.2 Å². The Morgan fingerprint density at radius 2 is 0.500 bits per heavy atom. The van der Waals surface area contributed by atoms with Gasteiger partial charge in [0.25, 0.3) is 0 Å². The molecule has 0 rings (SSSR count). The molecule has 0 aromatic carbocycles. The monoisotopic (exact) mass is 1090 g/mol. The van der Waals surface area contributed by atoms with Crippen molar-refractivity contribution in [3.63, 3.8) is 0 Å². The van der Waals surface area contributed by atoms with Crippen molar-refractivity contribution in [3.05, 3.63) is 72.9 Å². The third kappa shape index (κ3) is 63.7. The minimum atomic E-state index is -0.782. The third-order valence-electron chi connectivity index (χ3n) is 14.9. The summed E-state index contributed by atoms with van der Waals surface area (Å²) in [6, 6.07) is 0. The zero-order valence-electron chi connectivity index (χ0n) is 51.9. The van der Waals surface area contributed by atoms with Crippen molar-refractivity contribution in [3.8, 4) is 0 Å². The number of unbranched alkanes of at least 4 members (excludes halogenated alkanes) is 39. The van der Waals surface area contributed by atoms with Crippen molar-refractivity contribution in [1.29, 1.82) is 0 Å². The van der Waals surface area contributed by atoms with Crippen molar-refractivity contribution in [1.82, 2.24) is 0 Å². The highest BCUT2D eigenvalue weighted by Crippen LogP contribution is 2.17. The Balaban J connectivity index is 4.37. The molecule has 1 atom stereocenters. The molecule has 452 valence electrons. The second kappa shape index (κ2) is 66.4. The largest absolute Gasteiger partial charge is 0.462 e. The first kappa shape index (κ1) is 74.8. The van der Waals surface area contributed by atoms with Gasteiger partial charge in [0.1, 0.15) is 13.2 Å². The van der Waals surface area contributed by atoms with Gasteiger partial charge < -0.3 is 14.2 Å². The molecule has 0 aromatic heterocycles. The van der Waals surface area contributed by atoms with Crippen LogP contribution < -0.4 is 0 Å². The van der Waals surface area contributed by atoms with E-state index in [1.807, 2.05) is 0 Å². The van der Waals surface area contributed by atoms with Crippen LogP contribution in [0.2, 0.25) is 0 Å². The van der Waals surface area contributed by atoms with E-state index in [1.165, 1.54) is 212 Å². The molecule has 0 radical (unpaired) electrons. The van der Waals surface area contributed by atoms with Crippen LogP contribution in [0.15, 0.2) is 72.9 Å². The van der Waals surface area contributed by atoms with E-state index in [1.54, 1.807) is 0 Å². The Morgan fingerprint density at radius 3 is 0.795 bits per heavy atom. The van der Waals surface area contributed by atoms with E-state index in [0.29, 0.717) is 19.3 Å². The van der Waals surface area contributed by atoms with Crippen LogP contribution >= 0.6 is 0 Å². The van der Waals surface area contributed by atoms with Crippen molar-refractivity contribution in [2.45, 2.75) is 354 Å². The summed E-state index contributed by atoms with van der Waals surface area (Å²) in [6.07, 6.45) is 86.2. The fourth-order valence-corrected chi connectivity index (χ4v) is 9.88. The molecule has 0 fully saturated rings. The summed E-state index contributed by atoms with van der Waals surface area (Å²) in [5.41, 5.74) is 0. The van der Waals surface area contributed by atoms with Crippen LogP contribution in [-0.2, 0) is 28.6 Å². The number of hydrogen-bond donors (Lipinski definition) is 0. The number of carbonyl (C=O) groups excluding carboxylic acids is 3. The molecule has 0 saturated carbocycles. The molecular weight excluding hydrogens is 961 g/mol. The number of carbonyl (C=O) groups is 3. The van der Waals surface area contributed by atoms with Crippen LogP contribution in [0.25, 0.3) is 0 Å². The van der Waals surface area contributed by atoms with Gasteiger partial charge in [-0.15, -0.1) is 0 Å². The summed E-state index contributed by atoms with van der Waals surface area (Å²) in [4.78, 5) is 38.4. The summed E-state index contributed by atoms with van der Waals surface area (Å²) in [5.74, 6) is -0.872. The number of ether oxygens (including phenoxy) is 3. The van der Waals surface area contributed by atoms with Gasteiger partial charge in [-0.3, -0.25) is 14.4 Å². The first-order chi connectivity index (χ1) is 38.5. The second-order valence-corrected chi connectivity index (χ2v) is 22.7. The van der Waals surface area contributed by atoms with Crippen molar-refractivity contribution >= 4 is 17.9 Å². The van der Waals surface area contributed by atoms with E-state index >= 15 is 0 Å². The lowest BCUT2D eigenvalue weighted by Crippen LogP contribution is -2.30. The van der Waals surface area contributed by atoms with E-state index in [4.69, 9.17) is 14.2 Å². The van der Waals surface area contributed by atoms with E-state index < -0.39 is 6.10 Å². The molecule has 0 N–H and O–H groups in total. The smallest absolute Gasteiger partial charge is 0.306 e. The lowest BCUT2D eigenvalue weighted by atomic mass is 10.0. The van der Waals surface area contributed by atoms with E-state index in [9.17, 15) is 14.4 Å². The Kier molecular flexibility index (Phi) is 63.7. The van der Waals surface area contributed by atoms with Gasteiger partial charge in [-0.1, -0.05) is 312 Å². The molecule has 0 aliphatic heterocycles. The fraction of sp³-hybridized carbons (Fsp3) is 0.792. The molecule has 6 nitrogen and oxygen atoms in total. The van der Waals surface area contributed by atoms with E-state index in [0.717, 1.165) is 96.3 Å². The van der Waals surface area contributed by atoms with Gasteiger partial charge >= 0.3 is 17.9 Å². The minimum Gasteiger partial charge on any atom is -0.462 e. The van der Waals surface area contributed by atoms with Crippen LogP contribution in [0, 0.1) is 0 Å². The Labute approximate surface area is 484 Å². The second-order valence-electron chi connectivity index (χ2n) is 22.7. The molecule has 0 aromatic rings. The van der Waals surface area contributed by atoms with Gasteiger partial charge in [0.2, 0.25) is 0 Å². The third-order valence-corrected chi connectivity index (χ3v) is 14.9. The first-order valence-electron chi connectivity index (χ1n) is 33.9. The van der Waals surface area contributed by atoms with Crippen LogP contribution in [0.1, 0.15) is 348 Å². The van der Waals surface area contributed by atoms with Crippen molar-refractivity contribution in [2.75, 3.05) is 13.2 Å². The maximum Gasteiger partial charge on any atom is 0.306 e. The van der Waals surface area contributed by atoms with Crippen LogP contribution in [0.5, 0.6) is 0 Å².